The summed E-state index contributed by atoms with van der Waals surface area (Å²) in [6.07, 6.45) is 3.41. The Morgan fingerprint density at radius 3 is 2.71 bits per heavy atom. The molecule has 17 heavy (non-hydrogen) atoms. The number of amidine groups is 1. The standard InChI is InChI=1S/C13H13N3S/c14-13(15)11-6-7-16-8-12(11)17-9-10-4-2-1-3-5-10/h1-8H,9H2,(H3,14,15). The van der Waals surface area contributed by atoms with Gasteiger partial charge < -0.3 is 5.73 Å². The van der Waals surface area contributed by atoms with Gasteiger partial charge in [-0.15, -0.1) is 11.8 Å². The Morgan fingerprint density at radius 2 is 2.00 bits per heavy atom. The minimum Gasteiger partial charge on any atom is -0.384 e. The summed E-state index contributed by atoms with van der Waals surface area (Å²) in [7, 11) is 0. The van der Waals surface area contributed by atoms with Gasteiger partial charge in [0.1, 0.15) is 5.84 Å². The molecule has 0 saturated heterocycles. The summed E-state index contributed by atoms with van der Waals surface area (Å²) in [6, 6.07) is 12.0. The van der Waals surface area contributed by atoms with E-state index in [1.807, 2.05) is 18.2 Å². The highest BCUT2D eigenvalue weighted by Gasteiger charge is 2.05. The first-order valence-corrected chi connectivity index (χ1v) is 6.21. The van der Waals surface area contributed by atoms with Crippen LogP contribution in [0.1, 0.15) is 11.1 Å². The average molecular weight is 243 g/mol. The SMILES string of the molecule is N=C(N)c1ccncc1SCc1ccccc1. The summed E-state index contributed by atoms with van der Waals surface area (Å²) in [5.74, 6) is 0.940. The van der Waals surface area contributed by atoms with Crippen LogP contribution in [0.25, 0.3) is 0 Å². The maximum Gasteiger partial charge on any atom is 0.124 e. The molecule has 0 radical (unpaired) electrons. The number of pyridine rings is 1. The van der Waals surface area contributed by atoms with Gasteiger partial charge in [0.15, 0.2) is 0 Å². The van der Waals surface area contributed by atoms with Crippen molar-refractivity contribution in [3.05, 3.63) is 59.9 Å². The molecule has 0 aliphatic rings. The molecule has 0 bridgehead atoms. The topological polar surface area (TPSA) is 62.8 Å². The molecule has 3 nitrogen and oxygen atoms in total. The largest absolute Gasteiger partial charge is 0.384 e. The van der Waals surface area contributed by atoms with E-state index in [-0.39, 0.29) is 5.84 Å². The van der Waals surface area contributed by atoms with Gasteiger partial charge in [0, 0.05) is 28.6 Å². The number of nitrogen functional groups attached to an aromatic ring is 1. The van der Waals surface area contributed by atoms with Gasteiger partial charge in [-0.05, 0) is 11.6 Å². The minimum absolute atomic E-state index is 0.0861. The minimum atomic E-state index is 0.0861. The molecule has 0 fully saturated rings. The van der Waals surface area contributed by atoms with Crippen LogP contribution in [0.4, 0.5) is 0 Å². The highest BCUT2D eigenvalue weighted by molar-refractivity contribution is 7.98. The lowest BCUT2D eigenvalue weighted by Gasteiger charge is -2.06. The maximum atomic E-state index is 7.50. The Bertz CT molecular complexity index is 511. The summed E-state index contributed by atoms with van der Waals surface area (Å²) >= 11 is 1.65. The smallest absolute Gasteiger partial charge is 0.124 e. The summed E-state index contributed by atoms with van der Waals surface area (Å²) < 4.78 is 0. The predicted molar refractivity (Wildman–Crippen MR) is 71.3 cm³/mol. The maximum absolute atomic E-state index is 7.50. The monoisotopic (exact) mass is 243 g/mol. The van der Waals surface area contributed by atoms with E-state index in [4.69, 9.17) is 11.1 Å². The highest BCUT2D eigenvalue weighted by atomic mass is 32.2. The molecule has 0 amide bonds. The van der Waals surface area contributed by atoms with Crippen molar-refractivity contribution in [2.75, 3.05) is 0 Å². The number of thioether (sulfide) groups is 1. The molecule has 86 valence electrons. The highest BCUT2D eigenvalue weighted by Crippen LogP contribution is 2.24. The Hall–Kier alpha value is -1.81. The van der Waals surface area contributed by atoms with E-state index in [1.54, 1.807) is 30.2 Å². The summed E-state index contributed by atoms with van der Waals surface area (Å²) in [5, 5.41) is 7.50. The molecule has 2 rings (SSSR count). The Labute approximate surface area is 105 Å². The van der Waals surface area contributed by atoms with E-state index in [0.717, 1.165) is 16.2 Å². The molecular weight excluding hydrogens is 230 g/mol. The van der Waals surface area contributed by atoms with Crippen molar-refractivity contribution in [2.24, 2.45) is 5.73 Å². The normalized spacial score (nSPS) is 10.1. The van der Waals surface area contributed by atoms with Crippen LogP contribution in [-0.4, -0.2) is 10.8 Å². The predicted octanol–water partition coefficient (Wildman–Crippen LogP) is 2.66. The fraction of sp³-hybridized carbons (Fsp3) is 0.0769. The van der Waals surface area contributed by atoms with Gasteiger partial charge in [-0.25, -0.2) is 0 Å². The van der Waals surface area contributed by atoms with E-state index in [0.29, 0.717) is 0 Å². The van der Waals surface area contributed by atoms with E-state index in [2.05, 4.69) is 17.1 Å². The molecule has 0 unspecified atom stereocenters. The number of benzene rings is 1. The van der Waals surface area contributed by atoms with Crippen LogP contribution in [0, 0.1) is 5.41 Å². The van der Waals surface area contributed by atoms with E-state index < -0.39 is 0 Å². The molecule has 2 aromatic rings. The van der Waals surface area contributed by atoms with Crippen LogP contribution in [0.5, 0.6) is 0 Å². The van der Waals surface area contributed by atoms with Crippen molar-refractivity contribution in [3.63, 3.8) is 0 Å². The summed E-state index contributed by atoms with van der Waals surface area (Å²) in [4.78, 5) is 5.01. The van der Waals surface area contributed by atoms with Crippen LogP contribution in [0.15, 0.2) is 53.7 Å². The molecule has 3 N–H and O–H groups in total. The molecule has 1 heterocycles. The van der Waals surface area contributed by atoms with E-state index in [9.17, 15) is 0 Å². The molecule has 0 saturated carbocycles. The second kappa shape index (κ2) is 5.50. The molecule has 0 spiro atoms. The van der Waals surface area contributed by atoms with Gasteiger partial charge in [0.2, 0.25) is 0 Å². The third-order valence-electron chi connectivity index (χ3n) is 2.31. The third-order valence-corrected chi connectivity index (χ3v) is 3.43. The number of nitrogens with one attached hydrogen (secondary N) is 1. The lowest BCUT2D eigenvalue weighted by atomic mass is 10.2. The number of rotatable bonds is 4. The van der Waals surface area contributed by atoms with Crippen molar-refractivity contribution >= 4 is 17.6 Å². The molecule has 0 aliphatic heterocycles. The zero-order valence-electron chi connectivity index (χ0n) is 9.26. The molecule has 4 heteroatoms. The third kappa shape index (κ3) is 3.07. The lowest BCUT2D eigenvalue weighted by molar-refractivity contribution is 1.20. The number of hydrogen-bond acceptors (Lipinski definition) is 3. The van der Waals surface area contributed by atoms with Gasteiger partial charge >= 0.3 is 0 Å². The zero-order valence-corrected chi connectivity index (χ0v) is 10.1. The average Bonchev–Trinajstić information content (AvgIpc) is 2.38. The van der Waals surface area contributed by atoms with Crippen LogP contribution in [0.2, 0.25) is 0 Å². The van der Waals surface area contributed by atoms with Crippen molar-refractivity contribution in [2.45, 2.75) is 10.6 Å². The lowest BCUT2D eigenvalue weighted by Crippen LogP contribution is -2.12. The van der Waals surface area contributed by atoms with Gasteiger partial charge in [-0.2, -0.15) is 0 Å². The van der Waals surface area contributed by atoms with Crippen LogP contribution >= 0.6 is 11.8 Å². The zero-order chi connectivity index (χ0) is 12.1. The second-order valence-electron chi connectivity index (χ2n) is 3.56. The number of aromatic nitrogens is 1. The van der Waals surface area contributed by atoms with Gasteiger partial charge in [0.25, 0.3) is 0 Å². The first-order chi connectivity index (χ1) is 8.27. The molecule has 1 aromatic heterocycles. The van der Waals surface area contributed by atoms with Crippen LogP contribution in [0.3, 0.4) is 0 Å². The van der Waals surface area contributed by atoms with Crippen molar-refractivity contribution in [3.8, 4) is 0 Å². The fourth-order valence-electron chi connectivity index (χ4n) is 1.45. The van der Waals surface area contributed by atoms with Gasteiger partial charge in [0.05, 0.1) is 0 Å². The number of hydrogen-bond donors (Lipinski definition) is 2. The molecule has 0 atom stereocenters. The van der Waals surface area contributed by atoms with Gasteiger partial charge in [-0.3, -0.25) is 10.4 Å². The fourth-order valence-corrected chi connectivity index (χ4v) is 2.44. The Kier molecular flexibility index (Phi) is 3.77. The summed E-state index contributed by atoms with van der Waals surface area (Å²) in [6.45, 7) is 0. The summed E-state index contributed by atoms with van der Waals surface area (Å²) in [5.41, 5.74) is 7.52. The Balaban J connectivity index is 2.12. The second-order valence-corrected chi connectivity index (χ2v) is 4.58. The van der Waals surface area contributed by atoms with Crippen molar-refractivity contribution in [1.82, 2.24) is 4.98 Å². The van der Waals surface area contributed by atoms with Crippen LogP contribution in [-0.2, 0) is 5.75 Å². The Morgan fingerprint density at radius 1 is 1.24 bits per heavy atom. The molecular formula is C13H13N3S. The van der Waals surface area contributed by atoms with Gasteiger partial charge in [-0.1, -0.05) is 30.3 Å². The molecule has 0 aliphatic carbocycles. The first kappa shape index (κ1) is 11.7. The van der Waals surface area contributed by atoms with Crippen molar-refractivity contribution in [1.29, 1.82) is 5.41 Å². The first-order valence-electron chi connectivity index (χ1n) is 5.22. The number of nitrogens with two attached hydrogens (primary N) is 1. The van der Waals surface area contributed by atoms with E-state index in [1.165, 1.54) is 5.56 Å². The number of nitrogens with zero attached hydrogens (tertiary/aromatic N) is 1. The molecule has 1 aromatic carbocycles. The van der Waals surface area contributed by atoms with Crippen molar-refractivity contribution < 1.29 is 0 Å². The van der Waals surface area contributed by atoms with E-state index >= 15 is 0 Å². The van der Waals surface area contributed by atoms with Crippen LogP contribution < -0.4 is 5.73 Å². The quantitative estimate of drug-likeness (QED) is 0.493.